The SMILES string of the molecule is O=S1(=O)CCCC1CNC1CCSc2ccc(Cl)cc21. The van der Waals surface area contributed by atoms with Gasteiger partial charge < -0.3 is 5.32 Å². The monoisotopic (exact) mass is 331 g/mol. The van der Waals surface area contributed by atoms with Crippen LogP contribution in [0.3, 0.4) is 0 Å². The smallest absolute Gasteiger partial charge is 0.154 e. The summed E-state index contributed by atoms with van der Waals surface area (Å²) in [7, 11) is -2.87. The second-order valence-electron chi connectivity index (χ2n) is 5.41. The molecule has 0 spiro atoms. The van der Waals surface area contributed by atoms with Gasteiger partial charge in [0.1, 0.15) is 0 Å². The summed E-state index contributed by atoms with van der Waals surface area (Å²) < 4.78 is 23.7. The first-order chi connectivity index (χ1) is 9.56. The molecular formula is C14H18ClNO2S2. The van der Waals surface area contributed by atoms with E-state index in [0.29, 0.717) is 12.3 Å². The van der Waals surface area contributed by atoms with Gasteiger partial charge in [0.2, 0.25) is 0 Å². The summed E-state index contributed by atoms with van der Waals surface area (Å²) in [5, 5.41) is 3.98. The van der Waals surface area contributed by atoms with Crippen molar-refractivity contribution in [2.45, 2.75) is 35.4 Å². The molecule has 0 bridgehead atoms. The number of rotatable bonds is 3. The maximum Gasteiger partial charge on any atom is 0.154 e. The van der Waals surface area contributed by atoms with Crippen molar-refractivity contribution in [1.82, 2.24) is 5.32 Å². The van der Waals surface area contributed by atoms with Gasteiger partial charge in [-0.2, -0.15) is 0 Å². The molecular weight excluding hydrogens is 314 g/mol. The van der Waals surface area contributed by atoms with Crippen molar-refractivity contribution in [2.24, 2.45) is 0 Å². The largest absolute Gasteiger partial charge is 0.309 e. The molecule has 2 aliphatic heterocycles. The molecule has 6 heteroatoms. The summed E-state index contributed by atoms with van der Waals surface area (Å²) in [6.45, 7) is 0.559. The number of sulfone groups is 1. The number of benzene rings is 1. The molecule has 20 heavy (non-hydrogen) atoms. The number of hydrogen-bond acceptors (Lipinski definition) is 4. The molecule has 1 aromatic carbocycles. The molecule has 1 fully saturated rings. The van der Waals surface area contributed by atoms with Crippen molar-refractivity contribution in [3.63, 3.8) is 0 Å². The molecule has 0 radical (unpaired) electrons. The Hall–Kier alpha value is -0.230. The normalized spacial score (nSPS) is 28.2. The lowest BCUT2D eigenvalue weighted by atomic mass is 10.0. The van der Waals surface area contributed by atoms with E-state index in [9.17, 15) is 8.42 Å². The third-order valence-corrected chi connectivity index (χ3v) is 7.70. The predicted molar refractivity (Wildman–Crippen MR) is 84.3 cm³/mol. The van der Waals surface area contributed by atoms with Crippen LogP contribution in [-0.2, 0) is 9.84 Å². The van der Waals surface area contributed by atoms with E-state index in [4.69, 9.17) is 11.6 Å². The Morgan fingerprint density at radius 1 is 1.35 bits per heavy atom. The topological polar surface area (TPSA) is 46.2 Å². The van der Waals surface area contributed by atoms with E-state index in [2.05, 4.69) is 11.4 Å². The summed E-state index contributed by atoms with van der Waals surface area (Å²) in [4.78, 5) is 1.26. The third-order valence-electron chi connectivity index (χ3n) is 4.07. The van der Waals surface area contributed by atoms with Gasteiger partial charge >= 0.3 is 0 Å². The van der Waals surface area contributed by atoms with Crippen molar-refractivity contribution in [1.29, 1.82) is 0 Å². The zero-order chi connectivity index (χ0) is 14.2. The Morgan fingerprint density at radius 3 is 2.95 bits per heavy atom. The van der Waals surface area contributed by atoms with Gasteiger partial charge in [-0.25, -0.2) is 8.42 Å². The average Bonchev–Trinajstić information content (AvgIpc) is 2.75. The Balaban J connectivity index is 1.72. The van der Waals surface area contributed by atoms with Gasteiger partial charge in [0, 0.05) is 22.5 Å². The van der Waals surface area contributed by atoms with E-state index in [-0.39, 0.29) is 11.3 Å². The number of hydrogen-bond donors (Lipinski definition) is 1. The minimum Gasteiger partial charge on any atom is -0.309 e. The van der Waals surface area contributed by atoms with Crippen molar-refractivity contribution in [2.75, 3.05) is 18.1 Å². The maximum absolute atomic E-state index is 11.9. The molecule has 2 aliphatic rings. The summed E-state index contributed by atoms with van der Waals surface area (Å²) >= 11 is 7.92. The van der Waals surface area contributed by atoms with E-state index in [1.165, 1.54) is 10.5 Å². The fourth-order valence-electron chi connectivity index (χ4n) is 2.94. The van der Waals surface area contributed by atoms with Crippen LogP contribution in [0.5, 0.6) is 0 Å². The van der Waals surface area contributed by atoms with Crippen LogP contribution in [0.1, 0.15) is 30.9 Å². The Morgan fingerprint density at radius 2 is 2.20 bits per heavy atom. The first-order valence-corrected chi connectivity index (χ1v) is 10.0. The lowest BCUT2D eigenvalue weighted by molar-refractivity contribution is 0.495. The molecule has 0 saturated carbocycles. The lowest BCUT2D eigenvalue weighted by Crippen LogP contribution is -2.34. The van der Waals surface area contributed by atoms with E-state index >= 15 is 0 Å². The second kappa shape index (κ2) is 5.87. The minimum atomic E-state index is -2.87. The van der Waals surface area contributed by atoms with Crippen LogP contribution in [0, 0.1) is 0 Å². The molecule has 0 amide bonds. The van der Waals surface area contributed by atoms with E-state index in [1.54, 1.807) is 0 Å². The van der Waals surface area contributed by atoms with Gasteiger partial charge in [-0.05, 0) is 48.8 Å². The van der Waals surface area contributed by atoms with Gasteiger partial charge in [0.15, 0.2) is 9.84 Å². The molecule has 0 aliphatic carbocycles. The van der Waals surface area contributed by atoms with E-state index < -0.39 is 9.84 Å². The van der Waals surface area contributed by atoms with Crippen LogP contribution in [0.2, 0.25) is 5.02 Å². The van der Waals surface area contributed by atoms with Crippen molar-refractivity contribution in [3.8, 4) is 0 Å². The summed E-state index contributed by atoms with van der Waals surface area (Å²) in [6.07, 6.45) is 2.61. The molecule has 2 atom stereocenters. The van der Waals surface area contributed by atoms with Crippen LogP contribution in [0.4, 0.5) is 0 Å². The number of fused-ring (bicyclic) bond motifs is 1. The Bertz CT molecular complexity index is 603. The second-order valence-corrected chi connectivity index (χ2v) is 9.39. The molecule has 1 aromatic rings. The fourth-order valence-corrected chi connectivity index (χ4v) is 6.00. The quantitative estimate of drug-likeness (QED) is 0.924. The number of halogens is 1. The molecule has 2 heterocycles. The summed E-state index contributed by atoms with van der Waals surface area (Å²) in [5.41, 5.74) is 1.21. The van der Waals surface area contributed by atoms with Crippen molar-refractivity contribution >= 4 is 33.2 Å². The molecule has 1 saturated heterocycles. The highest BCUT2D eigenvalue weighted by atomic mass is 35.5. The molecule has 2 unspecified atom stereocenters. The first-order valence-electron chi connectivity index (χ1n) is 6.93. The highest BCUT2D eigenvalue weighted by molar-refractivity contribution is 7.99. The van der Waals surface area contributed by atoms with Gasteiger partial charge in [0.05, 0.1) is 11.0 Å². The van der Waals surface area contributed by atoms with Gasteiger partial charge in [-0.15, -0.1) is 11.8 Å². The van der Waals surface area contributed by atoms with Crippen molar-refractivity contribution < 1.29 is 8.42 Å². The Labute approximate surface area is 129 Å². The summed E-state index contributed by atoms with van der Waals surface area (Å²) in [5.74, 6) is 1.41. The highest BCUT2D eigenvalue weighted by Gasteiger charge is 2.32. The predicted octanol–water partition coefficient (Wildman–Crippen LogP) is 3.04. The van der Waals surface area contributed by atoms with Crippen LogP contribution >= 0.6 is 23.4 Å². The number of nitrogens with one attached hydrogen (secondary N) is 1. The summed E-state index contributed by atoms with van der Waals surface area (Å²) in [6, 6.07) is 6.20. The lowest BCUT2D eigenvalue weighted by Gasteiger charge is -2.27. The standard InChI is InChI=1S/C14H18ClNO2S2/c15-10-3-4-14-12(8-10)13(5-6-19-14)16-9-11-2-1-7-20(11,17)18/h3-4,8,11,13,16H,1-2,5-7,9H2. The van der Waals surface area contributed by atoms with Crippen LogP contribution in [-0.4, -0.2) is 31.7 Å². The fraction of sp³-hybridized carbons (Fsp3) is 0.571. The van der Waals surface area contributed by atoms with Gasteiger partial charge in [-0.1, -0.05) is 11.6 Å². The molecule has 110 valence electrons. The van der Waals surface area contributed by atoms with Crippen molar-refractivity contribution in [3.05, 3.63) is 28.8 Å². The molecule has 0 aromatic heterocycles. The average molecular weight is 332 g/mol. The van der Waals surface area contributed by atoms with E-state index in [0.717, 1.165) is 30.0 Å². The van der Waals surface area contributed by atoms with Crippen LogP contribution < -0.4 is 5.32 Å². The third kappa shape index (κ3) is 3.01. The van der Waals surface area contributed by atoms with Gasteiger partial charge in [0.25, 0.3) is 0 Å². The minimum absolute atomic E-state index is 0.209. The van der Waals surface area contributed by atoms with Crippen LogP contribution in [0.15, 0.2) is 23.1 Å². The zero-order valence-electron chi connectivity index (χ0n) is 11.1. The molecule has 3 nitrogen and oxygen atoms in total. The molecule has 1 N–H and O–H groups in total. The molecule has 3 rings (SSSR count). The van der Waals surface area contributed by atoms with Crippen LogP contribution in [0.25, 0.3) is 0 Å². The maximum atomic E-state index is 11.9. The number of thioether (sulfide) groups is 1. The zero-order valence-corrected chi connectivity index (χ0v) is 13.5. The Kier molecular flexibility index (Phi) is 4.32. The highest BCUT2D eigenvalue weighted by Crippen LogP contribution is 2.37. The first kappa shape index (κ1) is 14.7. The van der Waals surface area contributed by atoms with E-state index in [1.807, 2.05) is 23.9 Å². The van der Waals surface area contributed by atoms with Gasteiger partial charge in [-0.3, -0.25) is 0 Å².